The summed E-state index contributed by atoms with van der Waals surface area (Å²) in [4.78, 5) is 14.2. The maximum atomic E-state index is 12.7. The van der Waals surface area contributed by atoms with Crippen LogP contribution in [0.3, 0.4) is 0 Å². The summed E-state index contributed by atoms with van der Waals surface area (Å²) in [6.07, 6.45) is 1.54. The molecule has 1 amide bonds. The normalized spacial score (nSPS) is 15.9. The van der Waals surface area contributed by atoms with E-state index in [1.165, 1.54) is 21.3 Å². The zero-order valence-corrected chi connectivity index (χ0v) is 14.7. The van der Waals surface area contributed by atoms with Crippen molar-refractivity contribution in [1.29, 1.82) is 0 Å². The molecular weight excluding hydrogens is 344 g/mol. The summed E-state index contributed by atoms with van der Waals surface area (Å²) >= 11 is 0. The van der Waals surface area contributed by atoms with Gasteiger partial charge in [0.05, 0.1) is 30.9 Å². The lowest BCUT2D eigenvalue weighted by molar-refractivity contribution is 0.0730. The fraction of sp³-hybridized carbons (Fsp3) is 0.353. The maximum absolute atomic E-state index is 12.7. The molecule has 1 aliphatic rings. The van der Waals surface area contributed by atoms with Gasteiger partial charge in [0.1, 0.15) is 5.76 Å². The lowest BCUT2D eigenvalue weighted by Crippen LogP contribution is -2.40. The molecule has 0 radical (unpaired) electrons. The van der Waals surface area contributed by atoms with Crippen molar-refractivity contribution in [3.63, 3.8) is 0 Å². The van der Waals surface area contributed by atoms with E-state index in [0.29, 0.717) is 44.2 Å². The molecule has 1 fully saturated rings. The van der Waals surface area contributed by atoms with Gasteiger partial charge < -0.3 is 14.1 Å². The molecule has 7 nitrogen and oxygen atoms in total. The lowest BCUT2D eigenvalue weighted by Gasteiger charge is -2.26. The Balaban J connectivity index is 1.79. The van der Waals surface area contributed by atoms with Crippen LogP contribution in [0, 0.1) is 0 Å². The topological polar surface area (TPSA) is 80.1 Å². The number of carbonyl (C=O) groups excluding carboxylic acids is 1. The van der Waals surface area contributed by atoms with E-state index in [0.717, 1.165) is 0 Å². The van der Waals surface area contributed by atoms with Crippen molar-refractivity contribution in [2.24, 2.45) is 0 Å². The minimum atomic E-state index is -3.63. The van der Waals surface area contributed by atoms with Crippen LogP contribution in [0.25, 0.3) is 0 Å². The third kappa shape index (κ3) is 3.92. The van der Waals surface area contributed by atoms with Crippen LogP contribution in [0.4, 0.5) is 0 Å². The molecule has 0 unspecified atom stereocenters. The number of hydrogen-bond donors (Lipinski definition) is 0. The summed E-state index contributed by atoms with van der Waals surface area (Å²) in [5.74, 6) is 0.392. The van der Waals surface area contributed by atoms with Crippen molar-refractivity contribution in [3.05, 3.63) is 54.0 Å². The minimum Gasteiger partial charge on any atom is -0.467 e. The molecule has 134 valence electrons. The van der Waals surface area contributed by atoms with Crippen LogP contribution in [-0.2, 0) is 21.3 Å². The molecule has 1 aromatic heterocycles. The Hall–Kier alpha value is -2.16. The largest absolute Gasteiger partial charge is 0.467 e. The van der Waals surface area contributed by atoms with Gasteiger partial charge in [-0.05, 0) is 30.3 Å². The van der Waals surface area contributed by atoms with Crippen molar-refractivity contribution in [2.75, 3.05) is 33.4 Å². The molecule has 0 aliphatic carbocycles. The second kappa shape index (κ2) is 7.38. The van der Waals surface area contributed by atoms with E-state index in [9.17, 15) is 13.2 Å². The van der Waals surface area contributed by atoms with E-state index < -0.39 is 10.0 Å². The van der Waals surface area contributed by atoms with Gasteiger partial charge in [0.15, 0.2) is 0 Å². The van der Waals surface area contributed by atoms with E-state index in [1.54, 1.807) is 37.6 Å². The molecule has 1 aliphatic heterocycles. The summed E-state index contributed by atoms with van der Waals surface area (Å²) in [6, 6.07) is 9.66. The number of rotatable bonds is 5. The minimum absolute atomic E-state index is 0.117. The fourth-order valence-electron chi connectivity index (χ4n) is 2.65. The van der Waals surface area contributed by atoms with Crippen LogP contribution in [0.15, 0.2) is 52.0 Å². The van der Waals surface area contributed by atoms with Crippen LogP contribution < -0.4 is 0 Å². The number of nitrogens with zero attached hydrogens (tertiary/aromatic N) is 2. The van der Waals surface area contributed by atoms with Gasteiger partial charge in [0.2, 0.25) is 10.0 Å². The Morgan fingerprint density at radius 1 is 1.20 bits per heavy atom. The highest BCUT2D eigenvalue weighted by Gasteiger charge is 2.27. The average molecular weight is 364 g/mol. The van der Waals surface area contributed by atoms with E-state index in [2.05, 4.69) is 0 Å². The number of ether oxygens (including phenoxy) is 1. The van der Waals surface area contributed by atoms with Crippen molar-refractivity contribution in [1.82, 2.24) is 9.21 Å². The Morgan fingerprint density at radius 3 is 2.64 bits per heavy atom. The third-order valence-electron chi connectivity index (χ3n) is 4.01. The molecule has 1 aromatic carbocycles. The Labute approximate surface area is 146 Å². The summed E-state index contributed by atoms with van der Waals surface area (Å²) < 4.78 is 37.3. The second-order valence-corrected chi connectivity index (χ2v) is 7.72. The van der Waals surface area contributed by atoms with Gasteiger partial charge in [-0.2, -0.15) is 4.31 Å². The maximum Gasteiger partial charge on any atom is 0.254 e. The zero-order valence-electron chi connectivity index (χ0n) is 13.9. The van der Waals surface area contributed by atoms with E-state index in [4.69, 9.17) is 9.15 Å². The molecule has 2 heterocycles. The molecule has 8 heteroatoms. The first-order valence-corrected chi connectivity index (χ1v) is 9.38. The first-order chi connectivity index (χ1) is 12.0. The molecule has 0 spiro atoms. The number of amides is 1. The SMILES string of the molecule is CN(Cc1ccco1)C(=O)c1cccc(S(=O)(=O)N2CCOCC2)c1. The number of hydrogen-bond acceptors (Lipinski definition) is 5. The lowest BCUT2D eigenvalue weighted by atomic mass is 10.2. The molecule has 25 heavy (non-hydrogen) atoms. The van der Waals surface area contributed by atoms with Gasteiger partial charge >= 0.3 is 0 Å². The summed E-state index contributed by atoms with van der Waals surface area (Å²) in [5.41, 5.74) is 0.323. The Kier molecular flexibility index (Phi) is 5.22. The van der Waals surface area contributed by atoms with Crippen LogP contribution >= 0.6 is 0 Å². The van der Waals surface area contributed by atoms with E-state index in [1.807, 2.05) is 0 Å². The van der Waals surface area contributed by atoms with Crippen LogP contribution in [0.5, 0.6) is 0 Å². The number of furan rings is 1. The van der Waals surface area contributed by atoms with Crippen LogP contribution in [0.1, 0.15) is 16.1 Å². The molecular formula is C17H20N2O5S. The van der Waals surface area contributed by atoms with Gasteiger partial charge in [0.25, 0.3) is 5.91 Å². The number of benzene rings is 1. The van der Waals surface area contributed by atoms with Gasteiger partial charge in [0, 0.05) is 25.7 Å². The molecule has 3 rings (SSSR count). The van der Waals surface area contributed by atoms with Gasteiger partial charge in [-0.1, -0.05) is 6.07 Å². The smallest absolute Gasteiger partial charge is 0.254 e. The van der Waals surface area contributed by atoms with Crippen LogP contribution in [-0.4, -0.2) is 56.9 Å². The quantitative estimate of drug-likeness (QED) is 0.805. The molecule has 0 bridgehead atoms. The molecule has 2 aromatic rings. The van der Waals surface area contributed by atoms with Crippen molar-refractivity contribution in [2.45, 2.75) is 11.4 Å². The first kappa shape index (κ1) is 17.7. The monoisotopic (exact) mass is 364 g/mol. The average Bonchev–Trinajstić information content (AvgIpc) is 3.15. The number of sulfonamides is 1. The molecule has 1 saturated heterocycles. The highest BCUT2D eigenvalue weighted by Crippen LogP contribution is 2.19. The standard InChI is InChI=1S/C17H20N2O5S/c1-18(13-15-5-3-9-24-15)17(20)14-4-2-6-16(12-14)25(21,22)19-7-10-23-11-8-19/h2-6,9,12H,7-8,10-11,13H2,1H3. The van der Waals surface area contributed by atoms with Gasteiger partial charge in [-0.25, -0.2) is 8.42 Å². The van der Waals surface area contributed by atoms with E-state index >= 15 is 0 Å². The van der Waals surface area contributed by atoms with Gasteiger partial charge in [-0.3, -0.25) is 4.79 Å². The Bertz CT molecular complexity index is 826. The van der Waals surface area contributed by atoms with E-state index in [-0.39, 0.29) is 10.8 Å². The highest BCUT2D eigenvalue weighted by molar-refractivity contribution is 7.89. The van der Waals surface area contributed by atoms with Gasteiger partial charge in [-0.15, -0.1) is 0 Å². The van der Waals surface area contributed by atoms with Crippen molar-refractivity contribution < 1.29 is 22.4 Å². The number of carbonyl (C=O) groups is 1. The number of morpholine rings is 1. The van der Waals surface area contributed by atoms with Crippen LogP contribution in [0.2, 0.25) is 0 Å². The predicted octanol–water partition coefficient (Wildman–Crippen LogP) is 1.57. The second-order valence-electron chi connectivity index (χ2n) is 5.78. The third-order valence-corrected chi connectivity index (χ3v) is 5.90. The predicted molar refractivity (Wildman–Crippen MR) is 90.5 cm³/mol. The molecule has 0 N–H and O–H groups in total. The van der Waals surface area contributed by atoms with Crippen molar-refractivity contribution in [3.8, 4) is 0 Å². The highest BCUT2D eigenvalue weighted by atomic mass is 32.2. The summed E-state index contributed by atoms with van der Waals surface area (Å²) in [6.45, 7) is 1.71. The summed E-state index contributed by atoms with van der Waals surface area (Å²) in [5, 5.41) is 0. The first-order valence-electron chi connectivity index (χ1n) is 7.94. The zero-order chi connectivity index (χ0) is 17.9. The molecule has 0 saturated carbocycles. The Morgan fingerprint density at radius 2 is 1.96 bits per heavy atom. The summed E-state index contributed by atoms with van der Waals surface area (Å²) in [7, 11) is -1.98. The fourth-order valence-corrected chi connectivity index (χ4v) is 4.11. The van der Waals surface area contributed by atoms with Crippen molar-refractivity contribution >= 4 is 15.9 Å². The molecule has 0 atom stereocenters.